The third-order valence-electron chi connectivity index (χ3n) is 4.00. The first kappa shape index (κ1) is 19.9. The molecule has 0 radical (unpaired) electrons. The van der Waals surface area contributed by atoms with Gasteiger partial charge in [-0.05, 0) is 24.6 Å². The van der Waals surface area contributed by atoms with Crippen LogP contribution < -0.4 is 5.32 Å². The summed E-state index contributed by atoms with van der Waals surface area (Å²) in [7, 11) is 2.48. The van der Waals surface area contributed by atoms with Crippen molar-refractivity contribution in [2.45, 2.75) is 6.92 Å². The maximum absolute atomic E-state index is 12.6. The molecule has 0 atom stereocenters. The first-order valence-corrected chi connectivity index (χ1v) is 8.51. The zero-order chi connectivity index (χ0) is 19.4. The molecule has 0 spiro atoms. The normalized spacial score (nSPS) is 13.9. The van der Waals surface area contributed by atoms with Crippen LogP contribution in [0.2, 0.25) is 0 Å². The number of methoxy groups -OCH3 is 2. The molecule has 0 bridgehead atoms. The van der Waals surface area contributed by atoms with Crippen molar-refractivity contribution in [2.75, 3.05) is 39.2 Å². The molecular formula is C17H19BrN2O6. The van der Waals surface area contributed by atoms with Crippen LogP contribution in [0, 0.1) is 6.92 Å². The van der Waals surface area contributed by atoms with Gasteiger partial charge in [0.2, 0.25) is 0 Å². The SMILES string of the molecule is COC(=O)C1=C(Nc2ccc(Br)c(C)c2C(=O)OC)C(=O)N(CCO)C1. The van der Waals surface area contributed by atoms with E-state index in [0.717, 1.165) is 0 Å². The number of rotatable bonds is 6. The lowest BCUT2D eigenvalue weighted by Crippen LogP contribution is -2.31. The Morgan fingerprint density at radius 3 is 2.50 bits per heavy atom. The van der Waals surface area contributed by atoms with E-state index in [-0.39, 0.29) is 36.5 Å². The maximum atomic E-state index is 12.6. The Morgan fingerprint density at radius 2 is 1.92 bits per heavy atom. The number of β-amino-alcohol motifs (C(OH)–C–C–N with tert-alkyl or cyclic N) is 1. The molecule has 2 N–H and O–H groups in total. The van der Waals surface area contributed by atoms with E-state index in [4.69, 9.17) is 14.6 Å². The Kier molecular flexibility index (Phi) is 6.38. The molecule has 0 saturated heterocycles. The number of amides is 1. The van der Waals surface area contributed by atoms with Gasteiger partial charge in [-0.25, -0.2) is 9.59 Å². The minimum atomic E-state index is -0.658. The number of ether oxygens (including phenoxy) is 2. The van der Waals surface area contributed by atoms with Crippen LogP contribution in [0.15, 0.2) is 27.9 Å². The smallest absolute Gasteiger partial charge is 0.340 e. The lowest BCUT2D eigenvalue weighted by atomic mass is 10.1. The lowest BCUT2D eigenvalue weighted by molar-refractivity contribution is -0.136. The molecule has 26 heavy (non-hydrogen) atoms. The van der Waals surface area contributed by atoms with Gasteiger partial charge in [-0.1, -0.05) is 15.9 Å². The summed E-state index contributed by atoms with van der Waals surface area (Å²) < 4.78 is 10.3. The topological polar surface area (TPSA) is 105 Å². The highest BCUT2D eigenvalue weighted by molar-refractivity contribution is 9.10. The Labute approximate surface area is 158 Å². The van der Waals surface area contributed by atoms with Crippen LogP contribution in [0.25, 0.3) is 0 Å². The lowest BCUT2D eigenvalue weighted by Gasteiger charge is -2.17. The van der Waals surface area contributed by atoms with E-state index < -0.39 is 17.8 Å². The molecule has 8 nitrogen and oxygen atoms in total. The fraction of sp³-hybridized carbons (Fsp3) is 0.353. The quantitative estimate of drug-likeness (QED) is 0.658. The highest BCUT2D eigenvalue weighted by Crippen LogP contribution is 2.30. The molecule has 9 heteroatoms. The van der Waals surface area contributed by atoms with Crippen molar-refractivity contribution >= 4 is 39.5 Å². The number of aliphatic hydroxyl groups excluding tert-OH is 1. The van der Waals surface area contributed by atoms with E-state index in [1.807, 2.05) is 0 Å². The van der Waals surface area contributed by atoms with E-state index in [9.17, 15) is 14.4 Å². The fourth-order valence-corrected chi connectivity index (χ4v) is 2.97. The number of esters is 2. The van der Waals surface area contributed by atoms with Gasteiger partial charge >= 0.3 is 11.9 Å². The third-order valence-corrected chi connectivity index (χ3v) is 4.86. The number of nitrogens with one attached hydrogen (secondary N) is 1. The van der Waals surface area contributed by atoms with Gasteiger partial charge in [-0.2, -0.15) is 0 Å². The molecule has 140 valence electrons. The first-order chi connectivity index (χ1) is 12.3. The number of anilines is 1. The molecule has 0 aliphatic carbocycles. The summed E-state index contributed by atoms with van der Waals surface area (Å²) in [6.45, 7) is 1.58. The van der Waals surface area contributed by atoms with Gasteiger partial charge < -0.3 is 24.8 Å². The van der Waals surface area contributed by atoms with Crippen molar-refractivity contribution in [3.63, 3.8) is 0 Å². The van der Waals surface area contributed by atoms with Crippen molar-refractivity contribution in [3.8, 4) is 0 Å². The van der Waals surface area contributed by atoms with Crippen LogP contribution in [0.4, 0.5) is 5.69 Å². The highest BCUT2D eigenvalue weighted by Gasteiger charge is 2.35. The molecule has 1 aliphatic rings. The molecule has 1 amide bonds. The summed E-state index contributed by atoms with van der Waals surface area (Å²) >= 11 is 3.35. The minimum absolute atomic E-state index is 0.0113. The molecule has 0 saturated carbocycles. The second-order valence-electron chi connectivity index (χ2n) is 5.51. The predicted octanol–water partition coefficient (Wildman–Crippen LogP) is 1.22. The third kappa shape index (κ3) is 3.73. The number of hydrogen-bond donors (Lipinski definition) is 2. The Balaban J connectivity index is 2.50. The first-order valence-electron chi connectivity index (χ1n) is 7.71. The van der Waals surface area contributed by atoms with Crippen LogP contribution in [0.1, 0.15) is 15.9 Å². The summed E-state index contributed by atoms with van der Waals surface area (Å²) in [5.41, 5.74) is 1.33. The number of hydrogen-bond acceptors (Lipinski definition) is 7. The molecule has 1 aromatic rings. The van der Waals surface area contributed by atoms with Crippen molar-refractivity contribution in [1.29, 1.82) is 0 Å². The second kappa shape index (κ2) is 8.33. The van der Waals surface area contributed by atoms with Gasteiger partial charge in [0.15, 0.2) is 0 Å². The second-order valence-corrected chi connectivity index (χ2v) is 6.36. The number of halogens is 1. The van der Waals surface area contributed by atoms with Gasteiger partial charge in [0.1, 0.15) is 5.70 Å². The molecule has 2 rings (SSSR count). The maximum Gasteiger partial charge on any atom is 0.340 e. The predicted molar refractivity (Wildman–Crippen MR) is 96.5 cm³/mol. The van der Waals surface area contributed by atoms with Crippen LogP contribution in [0.3, 0.4) is 0 Å². The largest absolute Gasteiger partial charge is 0.466 e. The number of carbonyl (C=O) groups excluding carboxylic acids is 3. The van der Waals surface area contributed by atoms with Crippen molar-refractivity contribution in [1.82, 2.24) is 4.90 Å². The van der Waals surface area contributed by atoms with Gasteiger partial charge in [0, 0.05) is 11.0 Å². The van der Waals surface area contributed by atoms with Crippen LogP contribution in [0.5, 0.6) is 0 Å². The standard InChI is InChI=1S/C17H19BrN2O6/c1-9-11(18)4-5-12(13(9)17(24)26-3)19-14-10(16(23)25-2)8-20(6-7-21)15(14)22/h4-5,19,21H,6-8H2,1-3H3. The minimum Gasteiger partial charge on any atom is -0.466 e. The molecule has 0 aromatic heterocycles. The Morgan fingerprint density at radius 1 is 1.27 bits per heavy atom. The van der Waals surface area contributed by atoms with Gasteiger partial charge in [-0.3, -0.25) is 4.79 Å². The Hall–Kier alpha value is -2.39. The van der Waals surface area contributed by atoms with Crippen LogP contribution in [-0.2, 0) is 19.1 Å². The van der Waals surface area contributed by atoms with E-state index in [1.165, 1.54) is 19.1 Å². The average molecular weight is 427 g/mol. The average Bonchev–Trinajstić information content (AvgIpc) is 2.93. The van der Waals surface area contributed by atoms with Gasteiger partial charge in [0.05, 0.1) is 44.2 Å². The Bertz CT molecular complexity index is 790. The summed E-state index contributed by atoms with van der Waals surface area (Å²) in [6, 6.07) is 3.32. The fourth-order valence-electron chi connectivity index (χ4n) is 2.64. The number of benzene rings is 1. The monoisotopic (exact) mass is 426 g/mol. The van der Waals surface area contributed by atoms with Crippen molar-refractivity contribution < 1.29 is 29.0 Å². The van der Waals surface area contributed by atoms with Gasteiger partial charge in [0.25, 0.3) is 5.91 Å². The van der Waals surface area contributed by atoms with Crippen molar-refractivity contribution in [3.05, 3.63) is 39.0 Å². The summed E-state index contributed by atoms with van der Waals surface area (Å²) in [5, 5.41) is 12.0. The summed E-state index contributed by atoms with van der Waals surface area (Å²) in [6.07, 6.45) is 0. The van der Waals surface area contributed by atoms with E-state index in [0.29, 0.717) is 15.7 Å². The number of nitrogens with zero attached hydrogens (tertiary/aromatic N) is 1. The zero-order valence-electron chi connectivity index (χ0n) is 14.6. The highest BCUT2D eigenvalue weighted by atomic mass is 79.9. The van der Waals surface area contributed by atoms with E-state index in [1.54, 1.807) is 19.1 Å². The molecule has 1 heterocycles. The van der Waals surface area contributed by atoms with Crippen LogP contribution in [-0.4, -0.2) is 61.8 Å². The summed E-state index contributed by atoms with van der Waals surface area (Å²) in [5.74, 6) is -1.70. The number of aliphatic hydroxyl groups is 1. The number of carbonyl (C=O) groups is 3. The molecule has 0 unspecified atom stereocenters. The van der Waals surface area contributed by atoms with Crippen LogP contribution >= 0.6 is 15.9 Å². The summed E-state index contributed by atoms with van der Waals surface area (Å²) in [4.78, 5) is 38.1. The molecule has 1 aromatic carbocycles. The van der Waals surface area contributed by atoms with E-state index >= 15 is 0 Å². The zero-order valence-corrected chi connectivity index (χ0v) is 16.2. The van der Waals surface area contributed by atoms with E-state index in [2.05, 4.69) is 21.2 Å². The molecular weight excluding hydrogens is 408 g/mol. The molecule has 0 fully saturated rings. The molecule has 1 aliphatic heterocycles. The van der Waals surface area contributed by atoms with Crippen molar-refractivity contribution in [2.24, 2.45) is 0 Å². The van der Waals surface area contributed by atoms with Gasteiger partial charge in [-0.15, -0.1) is 0 Å².